The van der Waals surface area contributed by atoms with Crippen molar-refractivity contribution in [2.24, 2.45) is 0 Å². The number of methoxy groups -OCH3 is 1. The van der Waals surface area contributed by atoms with Crippen LogP contribution in [-0.2, 0) is 20.7 Å². The highest BCUT2D eigenvalue weighted by Crippen LogP contribution is 2.26. The van der Waals surface area contributed by atoms with E-state index < -0.39 is 23.8 Å². The number of amides is 3. The third-order valence-corrected chi connectivity index (χ3v) is 6.76. The zero-order valence-corrected chi connectivity index (χ0v) is 25.9. The van der Waals surface area contributed by atoms with Gasteiger partial charge in [-0.2, -0.15) is 0 Å². The van der Waals surface area contributed by atoms with Crippen molar-refractivity contribution in [3.8, 4) is 5.75 Å². The van der Waals surface area contributed by atoms with Gasteiger partial charge in [0, 0.05) is 12.2 Å². The largest absolute Gasteiger partial charge is 0.497 e. The second-order valence-corrected chi connectivity index (χ2v) is 11.4. The van der Waals surface area contributed by atoms with Crippen molar-refractivity contribution in [2.75, 3.05) is 19.0 Å². The Hall–Kier alpha value is -3.55. The summed E-state index contributed by atoms with van der Waals surface area (Å²) in [6.07, 6.45) is 6.41. The topological polar surface area (TPSA) is 97.0 Å². The molecule has 0 aliphatic heterocycles. The summed E-state index contributed by atoms with van der Waals surface area (Å²) < 4.78 is 10.6. The second-order valence-electron chi connectivity index (χ2n) is 11.4. The molecule has 2 unspecified atom stereocenters. The number of hydrogen-bond acceptors (Lipinski definition) is 5. The summed E-state index contributed by atoms with van der Waals surface area (Å²) in [4.78, 5) is 42.0. The van der Waals surface area contributed by atoms with Gasteiger partial charge in [0.2, 0.25) is 5.91 Å². The molecule has 2 N–H and O–H groups in total. The fourth-order valence-electron chi connectivity index (χ4n) is 4.52. The Labute approximate surface area is 246 Å². The van der Waals surface area contributed by atoms with Gasteiger partial charge < -0.3 is 25.0 Å². The molecule has 0 heterocycles. The van der Waals surface area contributed by atoms with E-state index in [1.165, 1.54) is 6.42 Å². The number of aryl methyl sites for hydroxylation is 1. The number of unbranched alkanes of at least 4 members (excludes halogenated alkanes) is 5. The summed E-state index contributed by atoms with van der Waals surface area (Å²) >= 11 is 0. The number of nitrogens with zero attached hydrogens (tertiary/aromatic N) is 1. The maximum absolute atomic E-state index is 13.9. The average Bonchev–Trinajstić information content (AvgIpc) is 2.93. The van der Waals surface area contributed by atoms with Crippen molar-refractivity contribution in [3.05, 3.63) is 59.7 Å². The predicted molar refractivity (Wildman–Crippen MR) is 164 cm³/mol. The first kappa shape index (κ1) is 33.7. The fraction of sp³-hybridized carbons (Fsp3) is 0.545. The van der Waals surface area contributed by atoms with Gasteiger partial charge in [-0.25, -0.2) is 4.79 Å². The van der Waals surface area contributed by atoms with Crippen LogP contribution in [0.3, 0.4) is 0 Å². The molecule has 41 heavy (non-hydrogen) atoms. The van der Waals surface area contributed by atoms with Crippen molar-refractivity contribution in [2.45, 2.75) is 104 Å². The molecule has 226 valence electrons. The highest BCUT2D eigenvalue weighted by atomic mass is 16.6. The van der Waals surface area contributed by atoms with Crippen LogP contribution in [0.2, 0.25) is 0 Å². The number of carbonyl (C=O) groups excluding carboxylic acids is 3. The summed E-state index contributed by atoms with van der Waals surface area (Å²) in [5.74, 6) is -0.00120. The first-order chi connectivity index (χ1) is 19.5. The Bertz CT molecular complexity index is 1090. The van der Waals surface area contributed by atoms with Gasteiger partial charge in [-0.15, -0.1) is 0 Å². The number of rotatable bonds is 15. The van der Waals surface area contributed by atoms with Crippen LogP contribution >= 0.6 is 0 Å². The van der Waals surface area contributed by atoms with Gasteiger partial charge in [-0.3, -0.25) is 9.59 Å². The van der Waals surface area contributed by atoms with Crippen molar-refractivity contribution in [1.82, 2.24) is 10.2 Å². The molecule has 0 fully saturated rings. The minimum Gasteiger partial charge on any atom is -0.497 e. The molecule has 0 saturated heterocycles. The minimum absolute atomic E-state index is 0.330. The van der Waals surface area contributed by atoms with E-state index in [2.05, 4.69) is 24.5 Å². The fourth-order valence-corrected chi connectivity index (χ4v) is 4.52. The highest BCUT2D eigenvalue weighted by molar-refractivity contribution is 5.99. The standard InChI is InChI=1S/C33H49N3O5/c1-8-10-11-12-13-14-23-36(31(38)24(3)34-32(39)41-33(4,5)6)29(26-17-15-25(9-2)16-18-26)30(37)35-27-19-21-28(40-7)22-20-27/h15-22,24,29H,8-14,23H2,1-7H3,(H,34,39)(H,35,37). The number of hydrogen-bond donors (Lipinski definition) is 2. The van der Waals surface area contributed by atoms with Crippen LogP contribution in [0.15, 0.2) is 48.5 Å². The average molecular weight is 568 g/mol. The molecular formula is C33H49N3O5. The second kappa shape index (κ2) is 16.7. The molecule has 3 amide bonds. The third-order valence-electron chi connectivity index (χ3n) is 6.76. The lowest BCUT2D eigenvalue weighted by atomic mass is 10.00. The molecule has 8 heteroatoms. The summed E-state index contributed by atoms with van der Waals surface area (Å²) in [6.45, 7) is 11.5. The van der Waals surface area contributed by atoms with Gasteiger partial charge in [-0.05, 0) is 75.9 Å². The number of nitrogens with one attached hydrogen (secondary N) is 2. The number of carbonyl (C=O) groups is 3. The van der Waals surface area contributed by atoms with Gasteiger partial charge in [0.1, 0.15) is 23.4 Å². The maximum atomic E-state index is 13.9. The van der Waals surface area contributed by atoms with E-state index in [9.17, 15) is 14.4 Å². The van der Waals surface area contributed by atoms with Gasteiger partial charge in [-0.1, -0.05) is 70.2 Å². The van der Waals surface area contributed by atoms with Crippen LogP contribution in [0.5, 0.6) is 5.75 Å². The van der Waals surface area contributed by atoms with E-state index in [1.54, 1.807) is 64.0 Å². The van der Waals surface area contributed by atoms with E-state index in [1.807, 2.05) is 24.3 Å². The van der Waals surface area contributed by atoms with Crippen LogP contribution in [0, 0.1) is 0 Å². The number of anilines is 1. The lowest BCUT2D eigenvalue weighted by molar-refractivity contribution is -0.140. The lowest BCUT2D eigenvalue weighted by Crippen LogP contribution is -2.51. The Kier molecular flexibility index (Phi) is 13.7. The smallest absolute Gasteiger partial charge is 0.408 e. The third kappa shape index (κ3) is 11.5. The van der Waals surface area contributed by atoms with E-state index in [0.717, 1.165) is 44.1 Å². The molecule has 2 aromatic rings. The molecule has 0 spiro atoms. The quantitative estimate of drug-likeness (QED) is 0.225. The molecule has 2 atom stereocenters. The Balaban J connectivity index is 2.40. The van der Waals surface area contributed by atoms with Crippen molar-refractivity contribution >= 4 is 23.6 Å². The summed E-state index contributed by atoms with van der Waals surface area (Å²) in [5.41, 5.74) is 1.74. The van der Waals surface area contributed by atoms with Gasteiger partial charge in [0.15, 0.2) is 0 Å². The summed E-state index contributed by atoms with van der Waals surface area (Å²) in [6, 6.07) is 13.1. The number of benzene rings is 2. The van der Waals surface area contributed by atoms with E-state index in [0.29, 0.717) is 23.5 Å². The maximum Gasteiger partial charge on any atom is 0.408 e. The summed E-state index contributed by atoms with van der Waals surface area (Å²) in [5, 5.41) is 5.65. The van der Waals surface area contributed by atoms with Crippen LogP contribution < -0.4 is 15.4 Å². The van der Waals surface area contributed by atoms with E-state index in [4.69, 9.17) is 9.47 Å². The van der Waals surface area contributed by atoms with Crippen LogP contribution in [0.1, 0.15) is 97.2 Å². The van der Waals surface area contributed by atoms with Crippen LogP contribution in [-0.4, -0.2) is 48.1 Å². The van der Waals surface area contributed by atoms with Crippen molar-refractivity contribution < 1.29 is 23.9 Å². The molecule has 8 nitrogen and oxygen atoms in total. The van der Waals surface area contributed by atoms with E-state index >= 15 is 0 Å². The summed E-state index contributed by atoms with van der Waals surface area (Å²) in [7, 11) is 1.59. The Morgan fingerprint density at radius 3 is 2.05 bits per heavy atom. The molecule has 0 bridgehead atoms. The van der Waals surface area contributed by atoms with Crippen molar-refractivity contribution in [3.63, 3.8) is 0 Å². The SMILES string of the molecule is CCCCCCCCN(C(=O)C(C)NC(=O)OC(C)(C)C)C(C(=O)Nc1ccc(OC)cc1)c1ccc(CC)cc1. The number of alkyl carbamates (subject to hydrolysis) is 1. The van der Waals surface area contributed by atoms with Gasteiger partial charge in [0.05, 0.1) is 7.11 Å². The first-order valence-electron chi connectivity index (χ1n) is 14.8. The van der Waals surface area contributed by atoms with Crippen LogP contribution in [0.4, 0.5) is 10.5 Å². The number of ether oxygens (including phenoxy) is 2. The molecular weight excluding hydrogens is 518 g/mol. The monoisotopic (exact) mass is 567 g/mol. The molecule has 2 rings (SSSR count). The van der Waals surface area contributed by atoms with Crippen LogP contribution in [0.25, 0.3) is 0 Å². The molecule has 0 aliphatic rings. The first-order valence-corrected chi connectivity index (χ1v) is 14.8. The lowest BCUT2D eigenvalue weighted by Gasteiger charge is -2.34. The Morgan fingerprint density at radius 1 is 0.878 bits per heavy atom. The van der Waals surface area contributed by atoms with Gasteiger partial charge >= 0.3 is 6.09 Å². The highest BCUT2D eigenvalue weighted by Gasteiger charge is 2.34. The molecule has 0 aromatic heterocycles. The zero-order chi connectivity index (χ0) is 30.4. The van der Waals surface area contributed by atoms with E-state index in [-0.39, 0.29) is 11.8 Å². The molecule has 0 aliphatic carbocycles. The van der Waals surface area contributed by atoms with Crippen molar-refractivity contribution in [1.29, 1.82) is 0 Å². The normalized spacial score (nSPS) is 12.7. The molecule has 0 saturated carbocycles. The molecule has 0 radical (unpaired) electrons. The Morgan fingerprint density at radius 2 is 1.49 bits per heavy atom. The predicted octanol–water partition coefficient (Wildman–Crippen LogP) is 7.04. The molecule has 2 aromatic carbocycles. The van der Waals surface area contributed by atoms with Gasteiger partial charge in [0.25, 0.3) is 5.91 Å². The zero-order valence-electron chi connectivity index (χ0n) is 25.9. The minimum atomic E-state index is -0.894.